The molecule has 0 aromatic heterocycles. The largest absolute Gasteiger partial charge is 0.374 e. The SMILES string of the molecule is CC(C)CNCC(C)OC1CC(C)CC(C)C1. The van der Waals surface area contributed by atoms with Crippen molar-refractivity contribution >= 4 is 0 Å². The Labute approximate surface area is 108 Å². The van der Waals surface area contributed by atoms with Crippen molar-refractivity contribution in [2.75, 3.05) is 13.1 Å². The average Bonchev–Trinajstić information content (AvgIpc) is 2.14. The number of ether oxygens (including phenoxy) is 1. The minimum atomic E-state index is 0.344. The van der Waals surface area contributed by atoms with Crippen LogP contribution in [0.2, 0.25) is 0 Å². The molecule has 102 valence electrons. The molecule has 1 aliphatic rings. The van der Waals surface area contributed by atoms with Gasteiger partial charge in [-0.3, -0.25) is 0 Å². The molecule has 1 rings (SSSR count). The monoisotopic (exact) mass is 241 g/mol. The molecule has 0 heterocycles. The zero-order chi connectivity index (χ0) is 12.8. The molecule has 0 radical (unpaired) electrons. The highest BCUT2D eigenvalue weighted by atomic mass is 16.5. The van der Waals surface area contributed by atoms with Gasteiger partial charge in [0.2, 0.25) is 0 Å². The molecule has 0 saturated heterocycles. The Kier molecular flexibility index (Phi) is 6.50. The number of rotatable bonds is 6. The van der Waals surface area contributed by atoms with Crippen LogP contribution in [0.3, 0.4) is 0 Å². The Balaban J connectivity index is 2.18. The molecule has 2 nitrogen and oxygen atoms in total. The van der Waals surface area contributed by atoms with Crippen molar-refractivity contribution in [3.63, 3.8) is 0 Å². The van der Waals surface area contributed by atoms with E-state index >= 15 is 0 Å². The predicted octanol–water partition coefficient (Wildman–Crippen LogP) is 3.46. The molecule has 0 aliphatic heterocycles. The van der Waals surface area contributed by atoms with Gasteiger partial charge in [0.1, 0.15) is 0 Å². The second kappa shape index (κ2) is 7.38. The maximum atomic E-state index is 6.15. The molecular formula is C15H31NO. The lowest BCUT2D eigenvalue weighted by Crippen LogP contribution is -2.35. The summed E-state index contributed by atoms with van der Waals surface area (Å²) in [5.41, 5.74) is 0. The number of nitrogens with one attached hydrogen (secondary N) is 1. The molecule has 1 N–H and O–H groups in total. The topological polar surface area (TPSA) is 21.3 Å². The first-order chi connectivity index (χ1) is 7.97. The van der Waals surface area contributed by atoms with Gasteiger partial charge in [0, 0.05) is 6.54 Å². The van der Waals surface area contributed by atoms with Gasteiger partial charge >= 0.3 is 0 Å². The van der Waals surface area contributed by atoms with E-state index in [-0.39, 0.29) is 0 Å². The standard InChI is InChI=1S/C15H31NO/c1-11(2)9-16-10-14(5)17-15-7-12(3)6-13(4)8-15/h11-16H,6-10H2,1-5H3. The van der Waals surface area contributed by atoms with E-state index in [2.05, 4.69) is 39.9 Å². The molecule has 17 heavy (non-hydrogen) atoms. The summed E-state index contributed by atoms with van der Waals surface area (Å²) in [4.78, 5) is 0. The molecule has 0 aromatic carbocycles. The van der Waals surface area contributed by atoms with Crippen molar-refractivity contribution in [1.29, 1.82) is 0 Å². The zero-order valence-electron chi connectivity index (χ0n) is 12.3. The summed E-state index contributed by atoms with van der Waals surface area (Å²) >= 11 is 0. The first kappa shape index (κ1) is 15.0. The molecule has 1 fully saturated rings. The van der Waals surface area contributed by atoms with Gasteiger partial charge in [-0.2, -0.15) is 0 Å². The predicted molar refractivity (Wildman–Crippen MR) is 74.2 cm³/mol. The van der Waals surface area contributed by atoms with Gasteiger partial charge in [-0.15, -0.1) is 0 Å². The lowest BCUT2D eigenvalue weighted by Gasteiger charge is -2.33. The van der Waals surface area contributed by atoms with Gasteiger partial charge < -0.3 is 10.1 Å². The molecule has 0 amide bonds. The highest BCUT2D eigenvalue weighted by molar-refractivity contribution is 4.76. The normalized spacial score (nSPS) is 31.8. The van der Waals surface area contributed by atoms with Crippen molar-refractivity contribution < 1.29 is 4.74 Å². The summed E-state index contributed by atoms with van der Waals surface area (Å²) in [5.74, 6) is 2.39. The lowest BCUT2D eigenvalue weighted by molar-refractivity contribution is -0.0401. The Morgan fingerprint density at radius 2 is 1.59 bits per heavy atom. The van der Waals surface area contributed by atoms with E-state index in [1.54, 1.807) is 0 Å². The second-order valence-corrected chi connectivity index (χ2v) is 6.54. The first-order valence-electron chi connectivity index (χ1n) is 7.33. The van der Waals surface area contributed by atoms with Crippen LogP contribution in [0.4, 0.5) is 0 Å². The highest BCUT2D eigenvalue weighted by Gasteiger charge is 2.25. The lowest BCUT2D eigenvalue weighted by atomic mass is 9.82. The Hall–Kier alpha value is -0.0800. The fraction of sp³-hybridized carbons (Fsp3) is 1.00. The van der Waals surface area contributed by atoms with E-state index in [1.807, 2.05) is 0 Å². The van der Waals surface area contributed by atoms with Gasteiger partial charge in [0.05, 0.1) is 12.2 Å². The van der Waals surface area contributed by atoms with Gasteiger partial charge in [0.15, 0.2) is 0 Å². The average molecular weight is 241 g/mol. The summed E-state index contributed by atoms with van der Waals surface area (Å²) < 4.78 is 6.15. The number of hydrogen-bond acceptors (Lipinski definition) is 2. The zero-order valence-corrected chi connectivity index (χ0v) is 12.3. The minimum Gasteiger partial charge on any atom is -0.374 e. The minimum absolute atomic E-state index is 0.344. The van der Waals surface area contributed by atoms with Gasteiger partial charge in [0.25, 0.3) is 0 Å². The van der Waals surface area contributed by atoms with Crippen molar-refractivity contribution in [3.8, 4) is 0 Å². The van der Waals surface area contributed by atoms with E-state index < -0.39 is 0 Å². The van der Waals surface area contributed by atoms with Crippen LogP contribution in [0.25, 0.3) is 0 Å². The highest BCUT2D eigenvalue weighted by Crippen LogP contribution is 2.30. The summed E-state index contributed by atoms with van der Waals surface area (Å²) in [7, 11) is 0. The van der Waals surface area contributed by atoms with Crippen molar-refractivity contribution in [2.24, 2.45) is 17.8 Å². The van der Waals surface area contributed by atoms with Crippen LogP contribution in [0, 0.1) is 17.8 Å². The van der Waals surface area contributed by atoms with Crippen LogP contribution in [0.1, 0.15) is 53.9 Å². The Morgan fingerprint density at radius 3 is 2.12 bits per heavy atom. The molecule has 0 spiro atoms. The van der Waals surface area contributed by atoms with E-state index in [4.69, 9.17) is 4.74 Å². The van der Waals surface area contributed by atoms with Gasteiger partial charge in [-0.05, 0) is 50.5 Å². The van der Waals surface area contributed by atoms with E-state index in [1.165, 1.54) is 19.3 Å². The molecule has 0 bridgehead atoms. The third-order valence-electron chi connectivity index (χ3n) is 3.54. The van der Waals surface area contributed by atoms with Crippen molar-refractivity contribution in [2.45, 2.75) is 66.1 Å². The molecule has 2 heteroatoms. The Morgan fingerprint density at radius 1 is 1.00 bits per heavy atom. The van der Waals surface area contributed by atoms with Crippen LogP contribution in [-0.4, -0.2) is 25.3 Å². The molecule has 3 atom stereocenters. The molecule has 0 aromatic rings. The Bertz CT molecular complexity index is 195. The first-order valence-corrected chi connectivity index (χ1v) is 7.33. The maximum absolute atomic E-state index is 6.15. The fourth-order valence-electron chi connectivity index (χ4n) is 2.94. The summed E-state index contributed by atoms with van der Waals surface area (Å²) in [6, 6.07) is 0. The molecule has 3 unspecified atom stereocenters. The van der Waals surface area contributed by atoms with Crippen LogP contribution in [0.5, 0.6) is 0 Å². The van der Waals surface area contributed by atoms with Gasteiger partial charge in [-0.1, -0.05) is 27.7 Å². The fourth-order valence-corrected chi connectivity index (χ4v) is 2.94. The van der Waals surface area contributed by atoms with Gasteiger partial charge in [-0.25, -0.2) is 0 Å². The number of hydrogen-bond donors (Lipinski definition) is 1. The smallest absolute Gasteiger partial charge is 0.0675 e. The summed E-state index contributed by atoms with van der Waals surface area (Å²) in [5, 5.41) is 3.47. The van der Waals surface area contributed by atoms with Crippen LogP contribution < -0.4 is 5.32 Å². The quantitative estimate of drug-likeness (QED) is 0.769. The molecule has 1 saturated carbocycles. The third-order valence-corrected chi connectivity index (χ3v) is 3.54. The molecule has 1 aliphatic carbocycles. The molecular weight excluding hydrogens is 210 g/mol. The van der Waals surface area contributed by atoms with Crippen molar-refractivity contribution in [3.05, 3.63) is 0 Å². The van der Waals surface area contributed by atoms with Crippen LogP contribution >= 0.6 is 0 Å². The maximum Gasteiger partial charge on any atom is 0.0675 e. The van der Waals surface area contributed by atoms with Crippen LogP contribution in [-0.2, 0) is 4.74 Å². The van der Waals surface area contributed by atoms with E-state index in [9.17, 15) is 0 Å². The summed E-state index contributed by atoms with van der Waals surface area (Å²) in [6.45, 7) is 13.5. The van der Waals surface area contributed by atoms with E-state index in [0.717, 1.165) is 30.8 Å². The second-order valence-electron chi connectivity index (χ2n) is 6.54. The third kappa shape index (κ3) is 6.42. The summed E-state index contributed by atoms with van der Waals surface area (Å²) in [6.07, 6.45) is 4.71. The van der Waals surface area contributed by atoms with E-state index in [0.29, 0.717) is 12.2 Å². The van der Waals surface area contributed by atoms with Crippen molar-refractivity contribution in [1.82, 2.24) is 5.32 Å². The van der Waals surface area contributed by atoms with Crippen LogP contribution in [0.15, 0.2) is 0 Å².